The van der Waals surface area contributed by atoms with Gasteiger partial charge in [0.05, 0.1) is 46.7 Å². The number of carbonyl (C=O) groups excluding carboxylic acids is 3. The molecule has 0 saturated heterocycles. The van der Waals surface area contributed by atoms with Crippen LogP contribution in [0.3, 0.4) is 0 Å². The zero-order chi connectivity index (χ0) is 41.4. The lowest BCUT2D eigenvalue weighted by molar-refractivity contribution is -0.889. The van der Waals surface area contributed by atoms with Crippen LogP contribution in [0, 0.1) is 0 Å². The molecule has 8 nitrogen and oxygen atoms in total. The van der Waals surface area contributed by atoms with Gasteiger partial charge in [-0.25, -0.2) is 0 Å². The van der Waals surface area contributed by atoms with E-state index in [2.05, 4.69) is 68.5 Å². The van der Waals surface area contributed by atoms with Crippen molar-refractivity contribution in [1.29, 1.82) is 0 Å². The number of rotatable bonds is 38. The molecule has 0 spiro atoms. The first-order valence-electron chi connectivity index (χ1n) is 22.0. The van der Waals surface area contributed by atoms with Crippen molar-refractivity contribution < 1.29 is 38.2 Å². The van der Waals surface area contributed by atoms with Gasteiger partial charge in [0.2, 0.25) is 0 Å². The number of quaternary nitrogens is 1. The van der Waals surface area contributed by atoms with Crippen LogP contribution in [0.25, 0.3) is 0 Å². The fourth-order valence-electron chi connectivity index (χ4n) is 6.03. The standard InChI is InChI=1S/C48H81NO7/c1-6-8-10-12-14-16-17-18-19-20-21-22-23-24-25-26-27-28-29-31-32-34-36-38-46(50)55-43-44(42-54-41-40-45(48(52)53)49(3,4)5)56-47(51)39-37-35-33-30-15-13-11-9-7-2/h8-11,14-16,18-19,30,35,37,44-45H,6-7,12-13,17,20-29,31-34,36,38-43H2,1-5H3/b10-8+,11-9+,16-14+,19-18+,30-15+,37-35+. The molecule has 0 aromatic rings. The number of likely N-dealkylation sites (N-methyl/N-ethyl adjacent to an activating group) is 1. The Bertz CT molecular complexity index is 1140. The summed E-state index contributed by atoms with van der Waals surface area (Å²) < 4.78 is 17.0. The maximum atomic E-state index is 12.6. The van der Waals surface area contributed by atoms with E-state index in [1.807, 2.05) is 12.2 Å². The molecule has 0 N–H and O–H groups in total. The van der Waals surface area contributed by atoms with Gasteiger partial charge < -0.3 is 28.6 Å². The van der Waals surface area contributed by atoms with Crippen LogP contribution in [0.15, 0.2) is 72.9 Å². The highest BCUT2D eigenvalue weighted by atomic mass is 16.6. The molecule has 8 heteroatoms. The number of hydrogen-bond acceptors (Lipinski definition) is 7. The molecular formula is C48H81NO7. The first-order valence-corrected chi connectivity index (χ1v) is 22.0. The number of unbranched alkanes of at least 4 members (excludes halogenated alkanes) is 13. The van der Waals surface area contributed by atoms with E-state index >= 15 is 0 Å². The molecule has 320 valence electrons. The van der Waals surface area contributed by atoms with Crippen LogP contribution in [0.5, 0.6) is 0 Å². The van der Waals surface area contributed by atoms with Gasteiger partial charge in [0.15, 0.2) is 6.10 Å². The maximum Gasteiger partial charge on any atom is 0.310 e. The minimum absolute atomic E-state index is 0.00189. The SMILES string of the molecule is CC/C=C/C/C=C/C/C=C/CCCCCCCCCCCCCCCC(=O)OCC(COCCC(C(=O)[O-])[N+](C)(C)C)OC(=O)C/C=C/C/C=C/C/C=C/CC. The Labute approximate surface area is 342 Å². The van der Waals surface area contributed by atoms with Crippen molar-refractivity contribution in [3.63, 3.8) is 0 Å². The van der Waals surface area contributed by atoms with E-state index in [4.69, 9.17) is 14.2 Å². The minimum Gasteiger partial charge on any atom is -0.544 e. The van der Waals surface area contributed by atoms with Crippen LogP contribution >= 0.6 is 0 Å². The molecule has 0 aromatic carbocycles. The van der Waals surface area contributed by atoms with Gasteiger partial charge in [-0.3, -0.25) is 9.59 Å². The van der Waals surface area contributed by atoms with Gasteiger partial charge >= 0.3 is 11.9 Å². The van der Waals surface area contributed by atoms with E-state index in [0.717, 1.165) is 57.8 Å². The maximum absolute atomic E-state index is 12.6. The molecule has 0 fully saturated rings. The number of nitrogens with zero attached hydrogens (tertiary/aromatic N) is 1. The molecule has 0 bridgehead atoms. The summed E-state index contributed by atoms with van der Waals surface area (Å²) in [7, 11) is 5.37. The lowest BCUT2D eigenvalue weighted by Crippen LogP contribution is -2.55. The molecular weight excluding hydrogens is 703 g/mol. The van der Waals surface area contributed by atoms with E-state index in [1.54, 1.807) is 27.2 Å². The summed E-state index contributed by atoms with van der Waals surface area (Å²) in [4.78, 5) is 36.7. The fourth-order valence-corrected chi connectivity index (χ4v) is 6.03. The molecule has 0 saturated carbocycles. The fraction of sp³-hybridized carbons (Fsp3) is 0.688. The van der Waals surface area contributed by atoms with Gasteiger partial charge in [0.25, 0.3) is 0 Å². The summed E-state index contributed by atoms with van der Waals surface area (Å²) in [6.07, 6.45) is 48.4. The lowest BCUT2D eigenvalue weighted by Gasteiger charge is -2.34. The van der Waals surface area contributed by atoms with Crippen LogP contribution in [-0.2, 0) is 28.6 Å². The number of esters is 2. The molecule has 0 radical (unpaired) electrons. The Morgan fingerprint density at radius 2 is 1.00 bits per heavy atom. The van der Waals surface area contributed by atoms with Crippen LogP contribution in [0.1, 0.15) is 162 Å². The van der Waals surface area contributed by atoms with Crippen molar-refractivity contribution in [2.24, 2.45) is 0 Å². The second-order valence-electron chi connectivity index (χ2n) is 15.5. The van der Waals surface area contributed by atoms with Gasteiger partial charge in [-0.2, -0.15) is 0 Å². The Morgan fingerprint density at radius 1 is 0.554 bits per heavy atom. The van der Waals surface area contributed by atoms with Crippen molar-refractivity contribution in [3.8, 4) is 0 Å². The second-order valence-corrected chi connectivity index (χ2v) is 15.5. The van der Waals surface area contributed by atoms with Crippen LogP contribution in [0.2, 0.25) is 0 Å². The Morgan fingerprint density at radius 3 is 1.48 bits per heavy atom. The number of hydrogen-bond donors (Lipinski definition) is 0. The molecule has 0 aliphatic carbocycles. The molecule has 2 atom stereocenters. The van der Waals surface area contributed by atoms with E-state index in [9.17, 15) is 19.5 Å². The summed E-state index contributed by atoms with van der Waals surface area (Å²) in [6.45, 7) is 4.31. The Kier molecular flexibility index (Phi) is 36.4. The average molecular weight is 784 g/mol. The lowest BCUT2D eigenvalue weighted by atomic mass is 10.0. The van der Waals surface area contributed by atoms with Gasteiger partial charge in [0.1, 0.15) is 12.6 Å². The van der Waals surface area contributed by atoms with Gasteiger partial charge in [0, 0.05) is 12.8 Å². The van der Waals surface area contributed by atoms with Crippen molar-refractivity contribution in [2.45, 2.75) is 174 Å². The van der Waals surface area contributed by atoms with Gasteiger partial charge in [-0.15, -0.1) is 0 Å². The summed E-state index contributed by atoms with van der Waals surface area (Å²) in [5.74, 6) is -1.90. The highest BCUT2D eigenvalue weighted by Gasteiger charge is 2.25. The molecule has 56 heavy (non-hydrogen) atoms. The molecule has 0 aliphatic heterocycles. The quantitative estimate of drug-likeness (QED) is 0.0266. The zero-order valence-electron chi connectivity index (χ0n) is 36.3. The summed E-state index contributed by atoms with van der Waals surface area (Å²) in [5.41, 5.74) is 0. The van der Waals surface area contributed by atoms with E-state index in [1.165, 1.54) is 70.6 Å². The number of carboxylic acids is 1. The summed E-state index contributed by atoms with van der Waals surface area (Å²) in [6, 6.07) is -0.740. The molecule has 0 heterocycles. The van der Waals surface area contributed by atoms with Gasteiger partial charge in [-0.05, 0) is 57.8 Å². The van der Waals surface area contributed by atoms with Crippen molar-refractivity contribution in [1.82, 2.24) is 0 Å². The molecule has 2 unspecified atom stereocenters. The smallest absolute Gasteiger partial charge is 0.310 e. The monoisotopic (exact) mass is 784 g/mol. The Hall–Kier alpha value is -3.23. The zero-order valence-corrected chi connectivity index (χ0v) is 36.3. The third kappa shape index (κ3) is 36.4. The predicted octanol–water partition coefficient (Wildman–Crippen LogP) is 10.6. The minimum atomic E-state index is -1.14. The highest BCUT2D eigenvalue weighted by molar-refractivity contribution is 5.71. The summed E-state index contributed by atoms with van der Waals surface area (Å²) in [5, 5.41) is 11.6. The van der Waals surface area contributed by atoms with E-state index in [-0.39, 0.29) is 43.1 Å². The first-order chi connectivity index (χ1) is 27.1. The number of ether oxygens (including phenoxy) is 3. The number of aliphatic carboxylic acids is 1. The third-order valence-corrected chi connectivity index (χ3v) is 9.37. The molecule has 0 rings (SSSR count). The molecule has 0 aromatic heterocycles. The second kappa shape index (κ2) is 38.6. The van der Waals surface area contributed by atoms with Crippen LogP contribution in [-0.4, -0.2) is 75.5 Å². The first kappa shape index (κ1) is 52.8. The number of carbonyl (C=O) groups is 3. The van der Waals surface area contributed by atoms with Crippen molar-refractivity contribution >= 4 is 17.9 Å². The number of allylic oxidation sites excluding steroid dienone is 11. The Balaban J connectivity index is 4.21. The van der Waals surface area contributed by atoms with Crippen LogP contribution < -0.4 is 5.11 Å². The third-order valence-electron chi connectivity index (χ3n) is 9.37. The normalized spacial score (nSPS) is 13.7. The van der Waals surface area contributed by atoms with E-state index in [0.29, 0.717) is 6.42 Å². The molecule has 0 aliphatic rings. The topological polar surface area (TPSA) is 102 Å². The highest BCUT2D eigenvalue weighted by Crippen LogP contribution is 2.14. The molecule has 0 amide bonds. The predicted molar refractivity (Wildman–Crippen MR) is 231 cm³/mol. The largest absolute Gasteiger partial charge is 0.544 e. The number of carboxylic acid groups (broad SMARTS) is 1. The van der Waals surface area contributed by atoms with E-state index < -0.39 is 24.1 Å². The van der Waals surface area contributed by atoms with Crippen molar-refractivity contribution in [2.75, 3.05) is 41.0 Å². The van der Waals surface area contributed by atoms with Gasteiger partial charge in [-0.1, -0.05) is 157 Å². The van der Waals surface area contributed by atoms with Crippen molar-refractivity contribution in [3.05, 3.63) is 72.9 Å². The summed E-state index contributed by atoms with van der Waals surface area (Å²) >= 11 is 0. The van der Waals surface area contributed by atoms with Crippen LogP contribution in [0.4, 0.5) is 0 Å². The average Bonchev–Trinajstić information content (AvgIpc) is 3.15.